The van der Waals surface area contributed by atoms with Crippen molar-refractivity contribution in [2.75, 3.05) is 0 Å². The summed E-state index contributed by atoms with van der Waals surface area (Å²) < 4.78 is 28.8. The van der Waals surface area contributed by atoms with E-state index in [2.05, 4.69) is 14.8 Å². The minimum atomic E-state index is -3.67. The lowest BCUT2D eigenvalue weighted by molar-refractivity contribution is 0.281. The van der Waals surface area contributed by atoms with Crippen molar-refractivity contribution in [2.24, 2.45) is 7.05 Å². The number of nitrogens with zero attached hydrogens (tertiary/aromatic N) is 3. The molecule has 0 radical (unpaired) electrons. The topological polar surface area (TPSA) is 97.1 Å². The van der Waals surface area contributed by atoms with Crippen LogP contribution in [0, 0.1) is 0 Å². The van der Waals surface area contributed by atoms with Gasteiger partial charge in [-0.2, -0.15) is 5.10 Å². The quantitative estimate of drug-likeness (QED) is 0.802. The van der Waals surface area contributed by atoms with Crippen LogP contribution in [-0.4, -0.2) is 28.3 Å². The number of aliphatic hydroxyl groups excluding tert-OH is 1. The first-order chi connectivity index (χ1) is 9.96. The van der Waals surface area contributed by atoms with Crippen molar-refractivity contribution in [3.05, 3.63) is 41.5 Å². The van der Waals surface area contributed by atoms with Gasteiger partial charge < -0.3 is 5.11 Å². The van der Waals surface area contributed by atoms with Gasteiger partial charge in [-0.1, -0.05) is 19.1 Å². The maximum absolute atomic E-state index is 12.4. The van der Waals surface area contributed by atoms with Crippen LogP contribution < -0.4 is 4.72 Å². The third-order valence-corrected chi connectivity index (χ3v) is 4.54. The third-order valence-electron chi connectivity index (χ3n) is 3.05. The van der Waals surface area contributed by atoms with Gasteiger partial charge in [-0.05, 0) is 23.6 Å². The SMILES string of the molecule is CCc1ccc(CO)cc1S(=O)(=O)NCc1ncn(C)n1. The molecule has 7 nitrogen and oxygen atoms in total. The van der Waals surface area contributed by atoms with Crippen LogP contribution in [0.5, 0.6) is 0 Å². The molecule has 0 bridgehead atoms. The number of aromatic nitrogens is 3. The Morgan fingerprint density at radius 1 is 1.38 bits per heavy atom. The van der Waals surface area contributed by atoms with E-state index >= 15 is 0 Å². The number of aryl methyl sites for hydroxylation is 2. The molecule has 0 atom stereocenters. The van der Waals surface area contributed by atoms with Crippen LogP contribution in [-0.2, 0) is 36.6 Å². The summed E-state index contributed by atoms with van der Waals surface area (Å²) in [6.07, 6.45) is 2.09. The van der Waals surface area contributed by atoms with Crippen molar-refractivity contribution in [2.45, 2.75) is 31.4 Å². The molecule has 0 aliphatic carbocycles. The highest BCUT2D eigenvalue weighted by atomic mass is 32.2. The van der Waals surface area contributed by atoms with Crippen molar-refractivity contribution < 1.29 is 13.5 Å². The number of hydrogen-bond acceptors (Lipinski definition) is 5. The fourth-order valence-corrected chi connectivity index (χ4v) is 3.28. The van der Waals surface area contributed by atoms with E-state index in [0.29, 0.717) is 23.4 Å². The highest BCUT2D eigenvalue weighted by molar-refractivity contribution is 7.89. The first-order valence-electron chi connectivity index (χ1n) is 6.53. The largest absolute Gasteiger partial charge is 0.392 e. The molecule has 0 spiro atoms. The van der Waals surface area contributed by atoms with E-state index < -0.39 is 10.0 Å². The van der Waals surface area contributed by atoms with Gasteiger partial charge in [0, 0.05) is 7.05 Å². The summed E-state index contributed by atoms with van der Waals surface area (Å²) in [5.41, 5.74) is 1.26. The zero-order chi connectivity index (χ0) is 15.5. The maximum Gasteiger partial charge on any atom is 0.241 e. The van der Waals surface area contributed by atoms with Crippen LogP contribution in [0.2, 0.25) is 0 Å². The van der Waals surface area contributed by atoms with Gasteiger partial charge in [-0.3, -0.25) is 4.68 Å². The van der Waals surface area contributed by atoms with Crippen LogP contribution in [0.3, 0.4) is 0 Å². The molecule has 0 aliphatic rings. The molecule has 1 heterocycles. The average Bonchev–Trinajstić information content (AvgIpc) is 2.90. The summed E-state index contributed by atoms with van der Waals surface area (Å²) in [5.74, 6) is 0.400. The van der Waals surface area contributed by atoms with E-state index in [1.807, 2.05) is 6.92 Å². The predicted molar refractivity (Wildman–Crippen MR) is 76.8 cm³/mol. The standard InChI is InChI=1S/C13H18N4O3S/c1-3-11-5-4-10(8-18)6-12(11)21(19,20)15-7-13-14-9-17(2)16-13/h4-6,9,15,18H,3,7-8H2,1-2H3. The van der Waals surface area contributed by atoms with E-state index in [9.17, 15) is 8.42 Å². The maximum atomic E-state index is 12.4. The van der Waals surface area contributed by atoms with Crippen molar-refractivity contribution in [3.63, 3.8) is 0 Å². The summed E-state index contributed by atoms with van der Waals surface area (Å²) >= 11 is 0. The summed E-state index contributed by atoms with van der Waals surface area (Å²) in [6, 6.07) is 4.93. The number of sulfonamides is 1. The van der Waals surface area contributed by atoms with Gasteiger partial charge in [0.2, 0.25) is 10.0 Å². The predicted octanol–water partition coefficient (Wildman–Crippen LogP) is 0.348. The molecule has 21 heavy (non-hydrogen) atoms. The second-order valence-electron chi connectivity index (χ2n) is 4.61. The molecular formula is C13H18N4O3S. The van der Waals surface area contributed by atoms with E-state index in [-0.39, 0.29) is 18.0 Å². The molecule has 8 heteroatoms. The number of hydrogen-bond donors (Lipinski definition) is 2. The van der Waals surface area contributed by atoms with Crippen LogP contribution >= 0.6 is 0 Å². The van der Waals surface area contributed by atoms with Gasteiger partial charge in [-0.15, -0.1) is 0 Å². The number of benzene rings is 1. The van der Waals surface area contributed by atoms with Gasteiger partial charge in [0.25, 0.3) is 0 Å². The number of nitrogens with one attached hydrogen (secondary N) is 1. The Kier molecular flexibility index (Phi) is 4.71. The molecule has 114 valence electrons. The lowest BCUT2D eigenvalue weighted by atomic mass is 10.1. The van der Waals surface area contributed by atoms with Crippen LogP contribution in [0.1, 0.15) is 23.9 Å². The lowest BCUT2D eigenvalue weighted by Gasteiger charge is -2.11. The van der Waals surface area contributed by atoms with Gasteiger partial charge in [0.05, 0.1) is 18.0 Å². The zero-order valence-corrected chi connectivity index (χ0v) is 12.8. The van der Waals surface area contributed by atoms with Crippen LogP contribution in [0.15, 0.2) is 29.4 Å². The Bertz CT molecular complexity index is 725. The molecule has 2 N–H and O–H groups in total. The van der Waals surface area contributed by atoms with Gasteiger partial charge in [0.1, 0.15) is 6.33 Å². The number of aliphatic hydroxyl groups is 1. The molecule has 2 aromatic rings. The van der Waals surface area contributed by atoms with Gasteiger partial charge >= 0.3 is 0 Å². The molecule has 0 aliphatic heterocycles. The second kappa shape index (κ2) is 6.33. The van der Waals surface area contributed by atoms with Crippen molar-refractivity contribution in [3.8, 4) is 0 Å². The minimum Gasteiger partial charge on any atom is -0.392 e. The Balaban J connectivity index is 2.26. The smallest absolute Gasteiger partial charge is 0.241 e. The molecule has 0 saturated heterocycles. The molecule has 2 rings (SSSR count). The van der Waals surface area contributed by atoms with E-state index in [0.717, 1.165) is 0 Å². The van der Waals surface area contributed by atoms with E-state index in [1.165, 1.54) is 17.1 Å². The summed E-state index contributed by atoms with van der Waals surface area (Å²) in [4.78, 5) is 4.16. The Morgan fingerprint density at radius 2 is 2.14 bits per heavy atom. The lowest BCUT2D eigenvalue weighted by Crippen LogP contribution is -2.25. The molecule has 0 unspecified atom stereocenters. The third kappa shape index (κ3) is 3.66. The van der Waals surface area contributed by atoms with E-state index in [4.69, 9.17) is 5.11 Å². The normalized spacial score (nSPS) is 11.8. The Labute approximate surface area is 123 Å². The highest BCUT2D eigenvalue weighted by Gasteiger charge is 2.19. The van der Waals surface area contributed by atoms with Gasteiger partial charge in [-0.25, -0.2) is 18.1 Å². The highest BCUT2D eigenvalue weighted by Crippen LogP contribution is 2.18. The fourth-order valence-electron chi connectivity index (χ4n) is 1.94. The summed E-state index contributed by atoms with van der Waals surface area (Å²) in [6.45, 7) is 1.71. The van der Waals surface area contributed by atoms with Gasteiger partial charge in [0.15, 0.2) is 5.82 Å². The second-order valence-corrected chi connectivity index (χ2v) is 6.35. The fraction of sp³-hybridized carbons (Fsp3) is 0.385. The molecule has 0 fully saturated rings. The summed E-state index contributed by atoms with van der Waals surface area (Å²) in [7, 11) is -1.96. The first-order valence-corrected chi connectivity index (χ1v) is 8.01. The Morgan fingerprint density at radius 3 is 2.71 bits per heavy atom. The summed E-state index contributed by atoms with van der Waals surface area (Å²) in [5, 5.41) is 13.2. The molecule has 0 amide bonds. The Hall–Kier alpha value is -1.77. The molecular weight excluding hydrogens is 292 g/mol. The van der Waals surface area contributed by atoms with Crippen LogP contribution in [0.4, 0.5) is 0 Å². The molecule has 1 aromatic heterocycles. The van der Waals surface area contributed by atoms with Crippen molar-refractivity contribution in [1.82, 2.24) is 19.5 Å². The first kappa shape index (κ1) is 15.6. The van der Waals surface area contributed by atoms with E-state index in [1.54, 1.807) is 19.2 Å². The van der Waals surface area contributed by atoms with Crippen LogP contribution in [0.25, 0.3) is 0 Å². The average molecular weight is 310 g/mol. The van der Waals surface area contributed by atoms with Crippen molar-refractivity contribution >= 4 is 10.0 Å². The molecule has 1 aromatic carbocycles. The molecule has 0 saturated carbocycles. The zero-order valence-electron chi connectivity index (χ0n) is 11.9. The van der Waals surface area contributed by atoms with Crippen molar-refractivity contribution in [1.29, 1.82) is 0 Å². The number of rotatable bonds is 6. The monoisotopic (exact) mass is 310 g/mol. The minimum absolute atomic E-state index is 0.0235.